The van der Waals surface area contributed by atoms with Crippen LogP contribution in [0.3, 0.4) is 0 Å². The third-order valence-electron chi connectivity index (χ3n) is 3.30. The van der Waals surface area contributed by atoms with Gasteiger partial charge >= 0.3 is 0 Å². The number of sulfonamides is 1. The number of halogens is 4. The molecule has 25 heavy (non-hydrogen) atoms. The lowest BCUT2D eigenvalue weighted by Crippen LogP contribution is -2.31. The molecule has 0 fully saturated rings. The molecular formula is C15H15Cl3FN3O2S. The highest BCUT2D eigenvalue weighted by Gasteiger charge is 2.17. The summed E-state index contributed by atoms with van der Waals surface area (Å²) >= 11 is 17.6. The van der Waals surface area contributed by atoms with E-state index >= 15 is 0 Å². The van der Waals surface area contributed by atoms with Crippen LogP contribution in [-0.4, -0.2) is 26.5 Å². The van der Waals surface area contributed by atoms with Crippen LogP contribution in [0.5, 0.6) is 0 Å². The number of pyridine rings is 1. The number of nitrogens with one attached hydrogen (secondary N) is 2. The quantitative estimate of drug-likeness (QED) is 0.696. The second kappa shape index (κ2) is 8.51. The molecule has 0 saturated heterocycles. The van der Waals surface area contributed by atoms with Gasteiger partial charge in [-0.3, -0.25) is 4.98 Å². The standard InChI is InChI=1S/C15H15Cl3FN3O2S/c1-9(5-21-15-12(17)7-20-8-13(15)18)6-22-25(23,24)10-2-3-14(19)11(16)4-10/h2-4,7-9,22H,5-6H2,1H3,(H,20,21). The van der Waals surface area contributed by atoms with Gasteiger partial charge in [0.15, 0.2) is 0 Å². The number of benzene rings is 1. The Morgan fingerprint density at radius 3 is 2.36 bits per heavy atom. The average Bonchev–Trinajstić information content (AvgIpc) is 2.55. The average molecular weight is 427 g/mol. The van der Waals surface area contributed by atoms with E-state index in [0.717, 1.165) is 18.2 Å². The summed E-state index contributed by atoms with van der Waals surface area (Å²) in [6, 6.07) is 3.23. The highest BCUT2D eigenvalue weighted by molar-refractivity contribution is 7.89. The minimum absolute atomic E-state index is 0.0778. The topological polar surface area (TPSA) is 71.1 Å². The van der Waals surface area contributed by atoms with Crippen molar-refractivity contribution in [3.8, 4) is 0 Å². The maximum atomic E-state index is 13.1. The first-order valence-corrected chi connectivity index (χ1v) is 9.80. The lowest BCUT2D eigenvalue weighted by Gasteiger charge is -2.16. The van der Waals surface area contributed by atoms with E-state index in [1.165, 1.54) is 12.4 Å². The smallest absolute Gasteiger partial charge is 0.240 e. The predicted octanol–water partition coefficient (Wildman–Crippen LogP) is 4.21. The van der Waals surface area contributed by atoms with Gasteiger partial charge in [-0.05, 0) is 24.1 Å². The zero-order valence-electron chi connectivity index (χ0n) is 13.1. The molecule has 2 rings (SSSR count). The highest BCUT2D eigenvalue weighted by Crippen LogP contribution is 2.28. The second-order valence-corrected chi connectivity index (χ2v) is 8.38. The summed E-state index contributed by atoms with van der Waals surface area (Å²) in [5.41, 5.74) is 0.540. The minimum Gasteiger partial charge on any atom is -0.382 e. The molecule has 0 bridgehead atoms. The molecular weight excluding hydrogens is 412 g/mol. The Labute approximate surface area is 160 Å². The lowest BCUT2D eigenvalue weighted by atomic mass is 10.2. The first-order chi connectivity index (χ1) is 11.7. The molecule has 1 unspecified atom stereocenters. The minimum atomic E-state index is -3.78. The van der Waals surface area contributed by atoms with Gasteiger partial charge in [0.25, 0.3) is 0 Å². The lowest BCUT2D eigenvalue weighted by molar-refractivity contribution is 0.551. The predicted molar refractivity (Wildman–Crippen MR) is 98.5 cm³/mol. The van der Waals surface area contributed by atoms with Crippen LogP contribution in [0.2, 0.25) is 15.1 Å². The van der Waals surface area contributed by atoms with Crippen molar-refractivity contribution >= 4 is 50.5 Å². The molecule has 0 aliphatic rings. The van der Waals surface area contributed by atoms with Gasteiger partial charge in [0.05, 0.1) is 25.7 Å². The Bertz CT molecular complexity index is 845. The van der Waals surface area contributed by atoms with E-state index in [-0.39, 0.29) is 22.4 Å². The van der Waals surface area contributed by atoms with Crippen LogP contribution >= 0.6 is 34.8 Å². The summed E-state index contributed by atoms with van der Waals surface area (Å²) in [5, 5.41) is 3.57. The zero-order valence-corrected chi connectivity index (χ0v) is 16.1. The molecule has 1 atom stereocenters. The number of hydrogen-bond donors (Lipinski definition) is 2. The van der Waals surface area contributed by atoms with Crippen molar-refractivity contribution in [1.82, 2.24) is 9.71 Å². The normalized spacial score (nSPS) is 12.8. The fraction of sp³-hybridized carbons (Fsp3) is 0.267. The zero-order chi connectivity index (χ0) is 18.6. The van der Waals surface area contributed by atoms with E-state index in [9.17, 15) is 12.8 Å². The van der Waals surface area contributed by atoms with E-state index in [0.29, 0.717) is 22.3 Å². The fourth-order valence-corrected chi connectivity index (χ4v) is 3.84. The van der Waals surface area contributed by atoms with E-state index in [4.69, 9.17) is 34.8 Å². The molecule has 10 heteroatoms. The Hall–Kier alpha value is -1.12. The van der Waals surface area contributed by atoms with E-state index < -0.39 is 15.8 Å². The van der Waals surface area contributed by atoms with Crippen LogP contribution in [0.15, 0.2) is 35.5 Å². The van der Waals surface area contributed by atoms with Crippen molar-refractivity contribution in [3.63, 3.8) is 0 Å². The van der Waals surface area contributed by atoms with Gasteiger partial charge in [-0.1, -0.05) is 41.7 Å². The number of aromatic nitrogens is 1. The molecule has 1 aromatic carbocycles. The van der Waals surface area contributed by atoms with Crippen LogP contribution in [-0.2, 0) is 10.0 Å². The van der Waals surface area contributed by atoms with Crippen LogP contribution in [0.1, 0.15) is 6.92 Å². The number of nitrogens with zero attached hydrogens (tertiary/aromatic N) is 1. The molecule has 0 radical (unpaired) electrons. The van der Waals surface area contributed by atoms with Gasteiger partial charge < -0.3 is 5.32 Å². The first kappa shape index (κ1) is 20.2. The molecule has 1 aromatic heterocycles. The second-order valence-electron chi connectivity index (χ2n) is 5.39. The third kappa shape index (κ3) is 5.43. The summed E-state index contributed by atoms with van der Waals surface area (Å²) < 4.78 is 40.0. The van der Waals surface area contributed by atoms with Crippen LogP contribution in [0.25, 0.3) is 0 Å². The maximum absolute atomic E-state index is 13.1. The summed E-state index contributed by atoms with van der Waals surface area (Å²) in [4.78, 5) is 3.76. The molecule has 136 valence electrons. The van der Waals surface area contributed by atoms with Crippen LogP contribution in [0.4, 0.5) is 10.1 Å². The molecule has 0 spiro atoms. The molecule has 2 N–H and O–H groups in total. The fourth-order valence-electron chi connectivity index (χ4n) is 1.91. The molecule has 2 aromatic rings. The Morgan fingerprint density at radius 2 is 1.76 bits per heavy atom. The van der Waals surface area contributed by atoms with Crippen LogP contribution in [0, 0.1) is 11.7 Å². The van der Waals surface area contributed by atoms with E-state index in [1.807, 2.05) is 6.92 Å². The summed E-state index contributed by atoms with van der Waals surface area (Å²) in [6.45, 7) is 2.43. The SMILES string of the molecule is CC(CNc1c(Cl)cncc1Cl)CNS(=O)(=O)c1ccc(F)c(Cl)c1. The Kier molecular flexibility index (Phi) is 6.87. The number of hydrogen-bond acceptors (Lipinski definition) is 4. The van der Waals surface area contributed by atoms with Crippen molar-refractivity contribution < 1.29 is 12.8 Å². The van der Waals surface area contributed by atoms with E-state index in [2.05, 4.69) is 15.0 Å². The van der Waals surface area contributed by atoms with Crippen molar-refractivity contribution in [3.05, 3.63) is 51.5 Å². The van der Waals surface area contributed by atoms with Crippen molar-refractivity contribution in [2.45, 2.75) is 11.8 Å². The molecule has 0 amide bonds. The van der Waals surface area contributed by atoms with Crippen molar-refractivity contribution in [1.29, 1.82) is 0 Å². The van der Waals surface area contributed by atoms with E-state index in [1.54, 1.807) is 0 Å². The van der Waals surface area contributed by atoms with Gasteiger partial charge in [-0.2, -0.15) is 0 Å². The van der Waals surface area contributed by atoms with Gasteiger partial charge in [-0.15, -0.1) is 0 Å². The van der Waals surface area contributed by atoms with Gasteiger partial charge in [0.2, 0.25) is 10.0 Å². The monoisotopic (exact) mass is 425 g/mol. The molecule has 0 saturated carbocycles. The third-order valence-corrected chi connectivity index (χ3v) is 5.59. The molecule has 5 nitrogen and oxygen atoms in total. The highest BCUT2D eigenvalue weighted by atomic mass is 35.5. The summed E-state index contributed by atoms with van der Waals surface area (Å²) in [5.74, 6) is -0.754. The van der Waals surface area contributed by atoms with Crippen molar-refractivity contribution in [2.75, 3.05) is 18.4 Å². The molecule has 0 aliphatic heterocycles. The van der Waals surface area contributed by atoms with Gasteiger partial charge in [0, 0.05) is 25.5 Å². The van der Waals surface area contributed by atoms with Gasteiger partial charge in [-0.25, -0.2) is 17.5 Å². The van der Waals surface area contributed by atoms with Crippen molar-refractivity contribution in [2.24, 2.45) is 5.92 Å². The molecule has 1 heterocycles. The Balaban J connectivity index is 1.94. The maximum Gasteiger partial charge on any atom is 0.240 e. The van der Waals surface area contributed by atoms with Gasteiger partial charge in [0.1, 0.15) is 5.82 Å². The Morgan fingerprint density at radius 1 is 1.12 bits per heavy atom. The summed E-state index contributed by atoms with van der Waals surface area (Å²) in [7, 11) is -3.78. The first-order valence-electron chi connectivity index (χ1n) is 7.18. The number of anilines is 1. The van der Waals surface area contributed by atoms with Crippen LogP contribution < -0.4 is 10.0 Å². The number of rotatable bonds is 7. The molecule has 0 aliphatic carbocycles. The largest absolute Gasteiger partial charge is 0.382 e. The summed E-state index contributed by atoms with van der Waals surface area (Å²) in [6.07, 6.45) is 2.92.